The molecule has 0 bridgehead atoms. The van der Waals surface area contributed by atoms with E-state index in [1.54, 1.807) is 6.21 Å². The number of thiocarbonyl (C=S) groups is 1. The molecule has 6 aromatic rings. The summed E-state index contributed by atoms with van der Waals surface area (Å²) in [6.45, 7) is 13.9. The molecule has 5 aromatic carbocycles. The Morgan fingerprint density at radius 2 is 1.23 bits per heavy atom. The second kappa shape index (κ2) is 34.3. The van der Waals surface area contributed by atoms with Crippen molar-refractivity contribution in [2.75, 3.05) is 142 Å². The number of aliphatic imine (C=N–C) groups is 1. The van der Waals surface area contributed by atoms with Crippen molar-refractivity contribution >= 4 is 65.5 Å². The third-order valence-corrected chi connectivity index (χ3v) is 15.4. The Morgan fingerprint density at radius 3 is 1.93 bits per heavy atom. The Kier molecular flexibility index (Phi) is 25.7. The SMILES string of the molecule is Cn1cc(/C=N/OCCOCCOCCOCC(COCCOCCOCCOc2ccc([SiH](C)C)cc2)OCCOCCOCCN2Cc3ccccc3C3C(N=NN3c3ccc(N=C=S)cc3)c3ccccc32)c2ccccc21. The molecule has 1 aromatic heterocycles. The van der Waals surface area contributed by atoms with Crippen LogP contribution in [0.5, 0.6) is 5.75 Å². The first-order valence-electron chi connectivity index (χ1n) is 27.9. The van der Waals surface area contributed by atoms with Gasteiger partial charge in [0, 0.05) is 54.1 Å². The van der Waals surface area contributed by atoms with Crippen LogP contribution < -0.4 is 19.8 Å². The lowest BCUT2D eigenvalue weighted by Crippen LogP contribution is -2.33. The maximum absolute atomic E-state index is 6.18. The van der Waals surface area contributed by atoms with Crippen LogP contribution in [0.4, 0.5) is 17.1 Å². The number of para-hydroxylation sites is 2. The molecule has 8 rings (SSSR count). The molecule has 2 aliphatic heterocycles. The number of fused-ring (bicyclic) bond motifs is 6. The van der Waals surface area contributed by atoms with Gasteiger partial charge in [-0.25, -0.2) is 5.01 Å². The number of ether oxygens (including phenoxy) is 10. The predicted molar refractivity (Wildman–Crippen MR) is 321 cm³/mol. The Balaban J connectivity index is 0.705. The van der Waals surface area contributed by atoms with Crippen LogP contribution in [-0.2, 0) is 61.1 Å². The number of anilines is 2. The van der Waals surface area contributed by atoms with Gasteiger partial charge in [0.05, 0.1) is 144 Å². The van der Waals surface area contributed by atoms with E-state index in [4.69, 9.17) is 74.8 Å². The highest BCUT2D eigenvalue weighted by Gasteiger charge is 2.40. The summed E-state index contributed by atoms with van der Waals surface area (Å²) in [6, 6.07) is 41.1. The number of hydrogen-bond donors (Lipinski definition) is 0. The summed E-state index contributed by atoms with van der Waals surface area (Å²) in [4.78, 5) is 11.9. The van der Waals surface area contributed by atoms with Gasteiger partial charge >= 0.3 is 0 Å². The van der Waals surface area contributed by atoms with Crippen LogP contribution in [0.3, 0.4) is 0 Å². The number of aromatic nitrogens is 1. The van der Waals surface area contributed by atoms with Crippen molar-refractivity contribution in [3.63, 3.8) is 0 Å². The molecule has 432 valence electrons. The molecule has 3 atom stereocenters. The van der Waals surface area contributed by atoms with Crippen molar-refractivity contribution in [3.8, 4) is 5.75 Å². The zero-order valence-electron chi connectivity index (χ0n) is 46.9. The lowest BCUT2D eigenvalue weighted by atomic mass is 9.87. The summed E-state index contributed by atoms with van der Waals surface area (Å²) >= 11 is 4.81. The lowest BCUT2D eigenvalue weighted by molar-refractivity contribution is -0.0869. The normalized spacial score (nSPS) is 15.2. The zero-order valence-corrected chi connectivity index (χ0v) is 48.9. The molecule has 0 aliphatic carbocycles. The van der Waals surface area contributed by atoms with E-state index >= 15 is 0 Å². The predicted octanol–water partition coefficient (Wildman–Crippen LogP) is 9.24. The van der Waals surface area contributed by atoms with Gasteiger partial charge in [-0.2, -0.15) is 10.1 Å². The van der Waals surface area contributed by atoms with E-state index in [1.165, 1.54) is 16.3 Å². The molecular weight excluding hydrogens is 1070 g/mol. The zero-order chi connectivity index (χ0) is 56.1. The van der Waals surface area contributed by atoms with Crippen LogP contribution in [0.1, 0.15) is 34.3 Å². The molecule has 0 spiro atoms. The minimum absolute atomic E-state index is 0.117. The Morgan fingerprint density at radius 1 is 0.642 bits per heavy atom. The van der Waals surface area contributed by atoms with Crippen LogP contribution in [0, 0.1) is 0 Å². The monoisotopic (exact) mass is 1140 g/mol. The average Bonchev–Trinajstić information content (AvgIpc) is 4.13. The van der Waals surface area contributed by atoms with Crippen molar-refractivity contribution in [3.05, 3.63) is 150 Å². The van der Waals surface area contributed by atoms with Crippen molar-refractivity contribution in [2.45, 2.75) is 37.8 Å². The van der Waals surface area contributed by atoms with Gasteiger partial charge in [0.2, 0.25) is 0 Å². The molecule has 3 heterocycles. The topological polar surface area (TPSA) is 162 Å². The number of aryl methyl sites for hydroxylation is 1. The molecule has 0 saturated heterocycles. The van der Waals surface area contributed by atoms with E-state index in [9.17, 15) is 0 Å². The molecule has 18 nitrogen and oxygen atoms in total. The Labute approximate surface area is 483 Å². The van der Waals surface area contributed by atoms with E-state index in [-0.39, 0.29) is 18.2 Å². The highest BCUT2D eigenvalue weighted by atomic mass is 32.1. The number of hydrogen-bond acceptors (Lipinski definition) is 18. The summed E-state index contributed by atoms with van der Waals surface area (Å²) in [7, 11) is 1.20. The number of isothiocyanates is 1. The first-order valence-corrected chi connectivity index (χ1v) is 31.2. The molecule has 0 N–H and O–H groups in total. The number of rotatable bonds is 38. The summed E-state index contributed by atoms with van der Waals surface area (Å²) in [5.41, 5.74) is 8.44. The lowest BCUT2D eigenvalue weighted by Gasteiger charge is -2.35. The summed E-state index contributed by atoms with van der Waals surface area (Å²) in [6.07, 6.45) is 3.44. The molecule has 2 aliphatic rings. The largest absolute Gasteiger partial charge is 0.491 e. The molecule has 0 radical (unpaired) electrons. The Bertz CT molecular complexity index is 2890. The minimum Gasteiger partial charge on any atom is -0.491 e. The minimum atomic E-state index is -0.816. The quantitative estimate of drug-likeness (QED) is 0.0119. The fraction of sp³-hybridized carbons (Fsp3) is 0.443. The van der Waals surface area contributed by atoms with Crippen LogP contribution in [0.15, 0.2) is 148 Å². The van der Waals surface area contributed by atoms with Gasteiger partial charge < -0.3 is 61.7 Å². The first-order chi connectivity index (χ1) is 40.0. The fourth-order valence-electron chi connectivity index (χ4n) is 9.44. The molecule has 3 unspecified atom stereocenters. The third kappa shape index (κ3) is 19.2. The van der Waals surface area contributed by atoms with Crippen molar-refractivity contribution in [2.24, 2.45) is 27.5 Å². The van der Waals surface area contributed by atoms with Gasteiger partial charge in [0.25, 0.3) is 0 Å². The Hall–Kier alpha value is -6.23. The summed E-state index contributed by atoms with van der Waals surface area (Å²) in [5.74, 6) is 0.859. The summed E-state index contributed by atoms with van der Waals surface area (Å²) in [5, 5.41) is 20.7. The maximum Gasteiger partial charge on any atom is 0.140 e. The first kappa shape index (κ1) is 60.9. The second-order valence-electron chi connectivity index (χ2n) is 19.5. The fourth-order valence-corrected chi connectivity index (χ4v) is 10.5. The molecule has 0 amide bonds. The molecular formula is C61H77N7O11SSi. The number of nitrogens with zero attached hydrogens (tertiary/aromatic N) is 7. The van der Waals surface area contributed by atoms with E-state index in [0.717, 1.165) is 44.8 Å². The molecule has 0 saturated carbocycles. The van der Waals surface area contributed by atoms with E-state index in [2.05, 4.69) is 111 Å². The summed E-state index contributed by atoms with van der Waals surface area (Å²) < 4.78 is 60.9. The second-order valence-corrected chi connectivity index (χ2v) is 22.7. The average molecular weight is 1140 g/mol. The van der Waals surface area contributed by atoms with Crippen molar-refractivity contribution < 1.29 is 52.2 Å². The number of oxime groups is 1. The smallest absolute Gasteiger partial charge is 0.140 e. The van der Waals surface area contributed by atoms with Crippen molar-refractivity contribution in [1.82, 2.24) is 4.57 Å². The van der Waals surface area contributed by atoms with Crippen LogP contribution in [-0.4, -0.2) is 163 Å². The molecule has 0 fully saturated rings. The highest BCUT2D eigenvalue weighted by Crippen LogP contribution is 2.49. The van der Waals surface area contributed by atoms with Crippen molar-refractivity contribution in [1.29, 1.82) is 0 Å². The standard InChI is InChI=1S/C61H77N7O11SSi/c1-66-43-49(55-11-6-8-14-58(55)66)42-63-79-41-38-74-31-29-71-33-35-76-46-53(45-75-34-32-70-28-30-73-36-39-77-52-20-22-54(23-21-52)81(2)3)78-40-37-72-27-26-69-25-24-67-44-48-10-4-5-12-56(48)61-60(57-13-7-9-15-59(57)67)64-65-68(61)51-18-16-50(17-19-51)62-47-80/h4-23,42-43,53,60-61,81H,24-41,44-46H2,1-3H3/b63-42+. The molecule has 20 heteroatoms. The van der Waals surface area contributed by atoms with E-state index < -0.39 is 8.80 Å². The maximum atomic E-state index is 6.18. The van der Waals surface area contributed by atoms with Crippen LogP contribution >= 0.6 is 12.2 Å². The van der Waals surface area contributed by atoms with E-state index in [0.29, 0.717) is 139 Å². The van der Waals surface area contributed by atoms with Gasteiger partial charge in [-0.1, -0.05) is 101 Å². The number of benzene rings is 5. The van der Waals surface area contributed by atoms with Crippen LogP contribution in [0.25, 0.3) is 10.9 Å². The van der Waals surface area contributed by atoms with Crippen LogP contribution in [0.2, 0.25) is 13.1 Å². The van der Waals surface area contributed by atoms with Gasteiger partial charge in [-0.15, -0.1) is 0 Å². The van der Waals surface area contributed by atoms with Gasteiger partial charge in [0.1, 0.15) is 37.2 Å². The van der Waals surface area contributed by atoms with Gasteiger partial charge in [0.15, 0.2) is 0 Å². The highest BCUT2D eigenvalue weighted by molar-refractivity contribution is 7.78. The molecule has 81 heavy (non-hydrogen) atoms. The van der Waals surface area contributed by atoms with Gasteiger partial charge in [-0.3, -0.25) is 0 Å². The van der Waals surface area contributed by atoms with Gasteiger partial charge in [-0.05, 0) is 71.9 Å². The third-order valence-electron chi connectivity index (χ3n) is 13.6. The van der Waals surface area contributed by atoms with E-state index in [1.807, 2.05) is 66.8 Å².